The number of aliphatic hydroxyl groups is 2. The number of carbonyl (C=O) groups is 2. The van der Waals surface area contributed by atoms with E-state index in [4.69, 9.17) is 4.74 Å². The Morgan fingerprint density at radius 1 is 1.35 bits per heavy atom. The zero-order valence-electron chi connectivity index (χ0n) is 15.6. The quantitative estimate of drug-likeness (QED) is 0.662. The molecule has 1 fully saturated rings. The molecular weight excluding hydrogens is 336 g/mol. The van der Waals surface area contributed by atoms with Crippen molar-refractivity contribution in [1.29, 1.82) is 0 Å². The van der Waals surface area contributed by atoms with Crippen LogP contribution in [-0.2, 0) is 14.3 Å². The summed E-state index contributed by atoms with van der Waals surface area (Å²) in [4.78, 5) is 23.6. The van der Waals surface area contributed by atoms with Gasteiger partial charge in [0.15, 0.2) is 0 Å². The van der Waals surface area contributed by atoms with E-state index in [1.54, 1.807) is 6.08 Å². The second-order valence-corrected chi connectivity index (χ2v) is 8.52. The monoisotopic (exact) mass is 364 g/mol. The van der Waals surface area contributed by atoms with Crippen molar-refractivity contribution in [2.75, 3.05) is 0 Å². The van der Waals surface area contributed by atoms with Gasteiger partial charge in [-0.15, -0.1) is 0 Å². The van der Waals surface area contributed by atoms with Crippen LogP contribution >= 0.6 is 0 Å². The van der Waals surface area contributed by atoms with E-state index in [-0.39, 0.29) is 17.3 Å². The highest BCUT2D eigenvalue weighted by atomic mass is 16.6. The van der Waals surface area contributed by atoms with Gasteiger partial charge in [0.25, 0.3) is 0 Å². The zero-order valence-corrected chi connectivity index (χ0v) is 15.6. The number of hydrogen-bond donors (Lipinski definition) is 3. The average Bonchev–Trinajstić information content (AvgIpc) is 2.88. The Balaban J connectivity index is 1.91. The third kappa shape index (κ3) is 2.89. The number of carboxylic acid groups (broad SMARTS) is 1. The van der Waals surface area contributed by atoms with Crippen molar-refractivity contribution in [2.24, 2.45) is 22.7 Å². The second-order valence-electron chi connectivity index (χ2n) is 8.52. The number of hydrogen-bond acceptors (Lipinski definition) is 5. The van der Waals surface area contributed by atoms with Crippen LogP contribution in [-0.4, -0.2) is 39.7 Å². The van der Waals surface area contributed by atoms with Crippen LogP contribution in [0.25, 0.3) is 0 Å². The van der Waals surface area contributed by atoms with Gasteiger partial charge in [0, 0.05) is 16.6 Å². The number of cyclic esters (lactones) is 1. The Bertz CT molecular complexity index is 680. The van der Waals surface area contributed by atoms with Gasteiger partial charge in [-0.05, 0) is 55.4 Å². The van der Waals surface area contributed by atoms with Gasteiger partial charge in [-0.3, -0.25) is 0 Å². The Morgan fingerprint density at radius 2 is 2.04 bits per heavy atom. The molecule has 6 unspecified atom stereocenters. The first-order chi connectivity index (χ1) is 12.1. The predicted octanol–water partition coefficient (Wildman–Crippen LogP) is 2.40. The minimum absolute atomic E-state index is 0.0170. The molecule has 3 rings (SSSR count). The summed E-state index contributed by atoms with van der Waals surface area (Å²) in [5, 5.41) is 29.9. The molecule has 6 atom stereocenters. The first-order valence-electron chi connectivity index (χ1n) is 9.31. The van der Waals surface area contributed by atoms with E-state index in [0.717, 1.165) is 6.42 Å². The first kappa shape index (κ1) is 19.1. The molecule has 3 aliphatic rings. The Labute approximate surface area is 153 Å². The van der Waals surface area contributed by atoms with Crippen molar-refractivity contribution in [3.63, 3.8) is 0 Å². The smallest absolute Gasteiger partial charge is 0.336 e. The molecule has 0 radical (unpaired) electrons. The van der Waals surface area contributed by atoms with E-state index in [2.05, 4.69) is 6.92 Å². The summed E-state index contributed by atoms with van der Waals surface area (Å²) in [6.07, 6.45) is 4.55. The molecule has 0 aromatic carbocycles. The van der Waals surface area contributed by atoms with Crippen molar-refractivity contribution >= 4 is 11.9 Å². The van der Waals surface area contributed by atoms with Crippen LogP contribution in [0, 0.1) is 22.7 Å². The van der Waals surface area contributed by atoms with Gasteiger partial charge >= 0.3 is 11.9 Å². The van der Waals surface area contributed by atoms with Crippen LogP contribution < -0.4 is 0 Å². The van der Waals surface area contributed by atoms with Crippen molar-refractivity contribution in [1.82, 2.24) is 0 Å². The maximum atomic E-state index is 11.8. The minimum atomic E-state index is -1.18. The molecule has 1 saturated carbocycles. The number of carbonyl (C=O) groups excluding carboxylic acids is 1. The first-order valence-corrected chi connectivity index (χ1v) is 9.31. The van der Waals surface area contributed by atoms with Gasteiger partial charge in [-0.25, -0.2) is 9.59 Å². The Morgan fingerprint density at radius 3 is 2.62 bits per heavy atom. The molecule has 0 bridgehead atoms. The number of carboxylic acids is 1. The molecule has 3 N–H and O–H groups in total. The normalized spacial score (nSPS) is 42.6. The van der Waals surface area contributed by atoms with Gasteiger partial charge in [-0.2, -0.15) is 0 Å². The summed E-state index contributed by atoms with van der Waals surface area (Å²) >= 11 is 0. The highest BCUT2D eigenvalue weighted by Gasteiger charge is 2.58. The number of allylic oxidation sites excluding steroid dienone is 1. The van der Waals surface area contributed by atoms with Crippen molar-refractivity contribution in [2.45, 2.75) is 65.3 Å². The van der Waals surface area contributed by atoms with Crippen LogP contribution in [0.15, 0.2) is 23.3 Å². The molecule has 144 valence electrons. The Hall–Kier alpha value is -1.66. The molecule has 0 spiro atoms. The molecule has 1 aliphatic heterocycles. The standard InChI is InChI=1S/C20H28O6/c1-11-14(21)10-20(3)13(17(23)24)5-4-6-15(20)19(11,2)8-7-12-9-16(22)26-18(12)25/h5,9,11,14-16,21-22H,4,6-8,10H2,1-3H3,(H,23,24). The molecule has 0 aromatic heterocycles. The fourth-order valence-electron chi connectivity index (χ4n) is 5.59. The summed E-state index contributed by atoms with van der Waals surface area (Å²) in [5.74, 6) is -1.32. The minimum Gasteiger partial charge on any atom is -0.478 e. The molecular formula is C20H28O6. The largest absolute Gasteiger partial charge is 0.478 e. The maximum absolute atomic E-state index is 11.8. The summed E-state index contributed by atoms with van der Waals surface area (Å²) in [7, 11) is 0. The van der Waals surface area contributed by atoms with Crippen molar-refractivity contribution in [3.05, 3.63) is 23.3 Å². The molecule has 0 amide bonds. The summed E-state index contributed by atoms with van der Waals surface area (Å²) in [5.41, 5.74) is -0.0523. The van der Waals surface area contributed by atoms with E-state index in [0.29, 0.717) is 36.8 Å². The number of esters is 1. The van der Waals surface area contributed by atoms with Crippen molar-refractivity contribution in [3.8, 4) is 0 Å². The number of rotatable bonds is 4. The van der Waals surface area contributed by atoms with Gasteiger partial charge in [0.1, 0.15) is 0 Å². The fraction of sp³-hybridized carbons (Fsp3) is 0.700. The highest BCUT2D eigenvalue weighted by Crippen LogP contribution is 2.62. The lowest BCUT2D eigenvalue weighted by Crippen LogP contribution is -2.56. The lowest BCUT2D eigenvalue weighted by Gasteiger charge is -2.59. The van der Waals surface area contributed by atoms with Crippen molar-refractivity contribution < 1.29 is 29.6 Å². The number of aliphatic hydroxyl groups excluding tert-OH is 2. The molecule has 6 nitrogen and oxygen atoms in total. The lowest BCUT2D eigenvalue weighted by atomic mass is 9.46. The topological polar surface area (TPSA) is 104 Å². The maximum Gasteiger partial charge on any atom is 0.336 e. The zero-order chi connectivity index (χ0) is 19.3. The van der Waals surface area contributed by atoms with E-state index in [1.165, 1.54) is 6.08 Å². The van der Waals surface area contributed by atoms with E-state index in [9.17, 15) is 24.9 Å². The third-order valence-electron chi connectivity index (χ3n) is 7.23. The average molecular weight is 364 g/mol. The third-order valence-corrected chi connectivity index (χ3v) is 7.23. The molecule has 0 saturated heterocycles. The van der Waals surface area contributed by atoms with Crippen LogP contribution in [0.2, 0.25) is 0 Å². The summed E-state index contributed by atoms with van der Waals surface area (Å²) in [6, 6.07) is 0. The Kier molecular flexibility index (Phi) is 4.78. The number of fused-ring (bicyclic) bond motifs is 1. The SMILES string of the molecule is CC1C(O)CC2(C)C(C(=O)O)=CCCC2C1(C)CCC1=CC(O)OC1=O. The van der Waals surface area contributed by atoms with Gasteiger partial charge < -0.3 is 20.1 Å². The van der Waals surface area contributed by atoms with E-state index >= 15 is 0 Å². The van der Waals surface area contributed by atoms with E-state index < -0.39 is 29.7 Å². The van der Waals surface area contributed by atoms with Gasteiger partial charge in [0.2, 0.25) is 6.29 Å². The van der Waals surface area contributed by atoms with Gasteiger partial charge in [0.05, 0.1) is 6.10 Å². The number of ether oxygens (including phenoxy) is 1. The van der Waals surface area contributed by atoms with Crippen LogP contribution in [0.1, 0.15) is 52.9 Å². The van der Waals surface area contributed by atoms with Gasteiger partial charge in [-0.1, -0.05) is 26.8 Å². The summed E-state index contributed by atoms with van der Waals surface area (Å²) < 4.78 is 4.76. The van der Waals surface area contributed by atoms with Crippen LogP contribution in [0.5, 0.6) is 0 Å². The molecule has 2 aliphatic carbocycles. The highest BCUT2D eigenvalue weighted by molar-refractivity contribution is 5.90. The predicted molar refractivity (Wildman–Crippen MR) is 93.9 cm³/mol. The molecule has 6 heteroatoms. The van der Waals surface area contributed by atoms with Crippen LogP contribution in [0.3, 0.4) is 0 Å². The molecule has 0 aromatic rings. The van der Waals surface area contributed by atoms with Crippen LogP contribution in [0.4, 0.5) is 0 Å². The fourth-order valence-corrected chi connectivity index (χ4v) is 5.59. The number of aliphatic carboxylic acids is 1. The molecule has 26 heavy (non-hydrogen) atoms. The lowest BCUT2D eigenvalue weighted by molar-refractivity contribution is -0.151. The summed E-state index contributed by atoms with van der Waals surface area (Å²) in [6.45, 7) is 6.07. The van der Waals surface area contributed by atoms with E-state index in [1.807, 2.05) is 13.8 Å². The molecule has 1 heterocycles. The second kappa shape index (κ2) is 6.50.